The van der Waals surface area contributed by atoms with Crippen molar-refractivity contribution in [2.75, 3.05) is 12.3 Å². The van der Waals surface area contributed by atoms with Crippen LogP contribution in [-0.4, -0.2) is 26.8 Å². The predicted octanol–water partition coefficient (Wildman–Crippen LogP) is 4.24. The minimum Gasteiger partial charge on any atom is -0.382 e. The molecular formula is C26H25FN6O. The van der Waals surface area contributed by atoms with Crippen molar-refractivity contribution in [3.05, 3.63) is 94.7 Å². The van der Waals surface area contributed by atoms with E-state index >= 15 is 0 Å². The quantitative estimate of drug-likeness (QED) is 0.406. The summed E-state index contributed by atoms with van der Waals surface area (Å²) in [6.07, 6.45) is 1.05. The van der Waals surface area contributed by atoms with Crippen LogP contribution >= 0.6 is 0 Å². The summed E-state index contributed by atoms with van der Waals surface area (Å²) in [6.45, 7) is 4.51. The van der Waals surface area contributed by atoms with Crippen molar-refractivity contribution in [3.8, 4) is 17.4 Å². The highest BCUT2D eigenvalue weighted by atomic mass is 19.1. The average molecular weight is 457 g/mol. The topological polar surface area (TPSA) is 102 Å². The number of nitrogen functional groups attached to an aromatic ring is 1. The molecule has 4 rings (SSSR count). The van der Waals surface area contributed by atoms with E-state index in [1.54, 1.807) is 12.1 Å². The van der Waals surface area contributed by atoms with E-state index in [-0.39, 0.29) is 17.5 Å². The van der Waals surface area contributed by atoms with Gasteiger partial charge in [0.2, 0.25) is 0 Å². The Morgan fingerprint density at radius 3 is 2.26 bits per heavy atom. The van der Waals surface area contributed by atoms with Crippen molar-refractivity contribution in [1.29, 1.82) is 5.26 Å². The van der Waals surface area contributed by atoms with E-state index in [0.29, 0.717) is 41.9 Å². The molecule has 2 aromatic carbocycles. The first-order valence-electron chi connectivity index (χ1n) is 11.0. The molecule has 2 aromatic heterocycles. The van der Waals surface area contributed by atoms with Gasteiger partial charge in [-0.3, -0.25) is 4.79 Å². The van der Waals surface area contributed by atoms with Crippen LogP contribution in [0.2, 0.25) is 0 Å². The van der Waals surface area contributed by atoms with Crippen LogP contribution in [0.3, 0.4) is 0 Å². The molecule has 1 amide bonds. The Morgan fingerprint density at radius 1 is 1.03 bits per heavy atom. The Bertz CT molecular complexity index is 1340. The maximum Gasteiger partial charge on any atom is 0.251 e. The number of aryl methyl sites for hydroxylation is 3. The highest BCUT2D eigenvalue weighted by molar-refractivity contribution is 5.94. The number of nitrogens with two attached hydrogens (primary N) is 1. The number of benzene rings is 2. The number of hydrogen-bond acceptors (Lipinski definition) is 4. The summed E-state index contributed by atoms with van der Waals surface area (Å²) >= 11 is 0. The molecule has 0 aliphatic rings. The van der Waals surface area contributed by atoms with Crippen LogP contribution in [0.25, 0.3) is 11.4 Å². The third kappa shape index (κ3) is 4.55. The van der Waals surface area contributed by atoms with E-state index in [0.717, 1.165) is 17.1 Å². The molecule has 0 aliphatic heterocycles. The van der Waals surface area contributed by atoms with Gasteiger partial charge in [0.05, 0.1) is 11.4 Å². The van der Waals surface area contributed by atoms with E-state index in [4.69, 9.17) is 5.73 Å². The third-order valence-corrected chi connectivity index (χ3v) is 5.71. The number of halogens is 1. The zero-order chi connectivity index (χ0) is 24.2. The number of nitriles is 1. The third-order valence-electron chi connectivity index (χ3n) is 5.71. The fourth-order valence-electron chi connectivity index (χ4n) is 3.95. The second kappa shape index (κ2) is 9.63. The number of rotatable bonds is 7. The lowest BCUT2D eigenvalue weighted by Crippen LogP contribution is -2.24. The molecule has 0 saturated heterocycles. The van der Waals surface area contributed by atoms with Crippen LogP contribution in [0.4, 0.5) is 10.2 Å². The first kappa shape index (κ1) is 22.8. The molecule has 7 nitrogen and oxygen atoms in total. The monoisotopic (exact) mass is 456 g/mol. The van der Waals surface area contributed by atoms with Gasteiger partial charge in [0.15, 0.2) is 0 Å². The molecule has 0 fully saturated rings. The minimum absolute atomic E-state index is 0.163. The van der Waals surface area contributed by atoms with Gasteiger partial charge in [0.1, 0.15) is 23.3 Å². The molecule has 0 spiro atoms. The maximum atomic E-state index is 13.2. The Morgan fingerprint density at radius 2 is 1.65 bits per heavy atom. The van der Waals surface area contributed by atoms with Crippen molar-refractivity contribution in [3.63, 3.8) is 0 Å². The lowest BCUT2D eigenvalue weighted by atomic mass is 10.1. The second-order valence-electron chi connectivity index (χ2n) is 8.06. The van der Waals surface area contributed by atoms with Gasteiger partial charge in [-0.25, -0.2) is 9.07 Å². The zero-order valence-electron chi connectivity index (χ0n) is 19.0. The molecule has 0 atom stereocenters. The lowest BCUT2D eigenvalue weighted by Gasteiger charge is -2.10. The van der Waals surface area contributed by atoms with Crippen molar-refractivity contribution >= 4 is 11.7 Å². The SMILES string of the molecule is Cc1ccc(C)n1-c1ccc(C(=O)NCCCc2nn(-c3ccc(F)cc3)c(N)c2C#N)cc1. The van der Waals surface area contributed by atoms with Gasteiger partial charge < -0.3 is 15.6 Å². The predicted molar refractivity (Wildman–Crippen MR) is 129 cm³/mol. The molecule has 0 radical (unpaired) electrons. The highest BCUT2D eigenvalue weighted by Gasteiger charge is 2.16. The number of nitrogens with one attached hydrogen (secondary N) is 1. The average Bonchev–Trinajstić information content (AvgIpc) is 3.34. The van der Waals surface area contributed by atoms with Gasteiger partial charge in [0, 0.05) is 29.2 Å². The highest BCUT2D eigenvalue weighted by Crippen LogP contribution is 2.22. The van der Waals surface area contributed by atoms with Crippen LogP contribution in [-0.2, 0) is 6.42 Å². The van der Waals surface area contributed by atoms with E-state index in [1.807, 2.05) is 38.1 Å². The Hall–Kier alpha value is -4.38. The number of hydrogen-bond donors (Lipinski definition) is 2. The van der Waals surface area contributed by atoms with Crippen molar-refractivity contribution in [1.82, 2.24) is 19.7 Å². The van der Waals surface area contributed by atoms with Crippen molar-refractivity contribution < 1.29 is 9.18 Å². The Balaban J connectivity index is 1.36. The van der Waals surface area contributed by atoms with Crippen molar-refractivity contribution in [2.45, 2.75) is 26.7 Å². The summed E-state index contributed by atoms with van der Waals surface area (Å²) in [6, 6.07) is 19.4. The van der Waals surface area contributed by atoms with Crippen LogP contribution < -0.4 is 11.1 Å². The first-order chi connectivity index (χ1) is 16.4. The number of carbonyl (C=O) groups excluding carboxylic acids is 1. The second-order valence-corrected chi connectivity index (χ2v) is 8.06. The van der Waals surface area contributed by atoms with Gasteiger partial charge in [-0.2, -0.15) is 10.4 Å². The molecule has 0 saturated carbocycles. The smallest absolute Gasteiger partial charge is 0.251 e. The summed E-state index contributed by atoms with van der Waals surface area (Å²) in [7, 11) is 0. The maximum absolute atomic E-state index is 13.2. The summed E-state index contributed by atoms with van der Waals surface area (Å²) in [5.74, 6) is -0.318. The molecule has 4 aromatic rings. The van der Waals surface area contributed by atoms with E-state index < -0.39 is 0 Å². The molecule has 2 heterocycles. The minimum atomic E-state index is -0.365. The number of anilines is 1. The van der Waals surface area contributed by atoms with E-state index in [9.17, 15) is 14.4 Å². The standard InChI is InChI=1S/C26H25FN6O/c1-17-5-6-18(2)32(17)21-11-7-19(8-12-21)26(34)30-15-3-4-24-23(16-28)25(29)33(31-24)22-13-9-20(27)10-14-22/h5-14H,3-4,15,29H2,1-2H3,(H,30,34). The van der Waals surface area contributed by atoms with E-state index in [1.165, 1.54) is 16.8 Å². The normalized spacial score (nSPS) is 10.8. The van der Waals surface area contributed by atoms with Crippen molar-refractivity contribution in [2.24, 2.45) is 0 Å². The van der Waals surface area contributed by atoms with Gasteiger partial charge >= 0.3 is 0 Å². The molecule has 34 heavy (non-hydrogen) atoms. The molecule has 0 unspecified atom stereocenters. The van der Waals surface area contributed by atoms with Crippen LogP contribution in [0.5, 0.6) is 0 Å². The first-order valence-corrected chi connectivity index (χ1v) is 11.0. The van der Waals surface area contributed by atoms with Gasteiger partial charge in [-0.05, 0) is 87.4 Å². The van der Waals surface area contributed by atoms with Gasteiger partial charge in [0.25, 0.3) is 5.91 Å². The molecule has 172 valence electrons. The summed E-state index contributed by atoms with van der Waals surface area (Å²) in [5, 5.41) is 16.8. The van der Waals surface area contributed by atoms with Crippen LogP contribution in [0.1, 0.15) is 39.4 Å². The molecule has 0 bridgehead atoms. The van der Waals surface area contributed by atoms with E-state index in [2.05, 4.69) is 33.2 Å². The van der Waals surface area contributed by atoms with Gasteiger partial charge in [-0.15, -0.1) is 0 Å². The molecular weight excluding hydrogens is 431 g/mol. The number of carbonyl (C=O) groups is 1. The summed E-state index contributed by atoms with van der Waals surface area (Å²) < 4.78 is 16.8. The number of nitrogens with zero attached hydrogens (tertiary/aromatic N) is 4. The van der Waals surface area contributed by atoms with Crippen LogP contribution in [0, 0.1) is 31.0 Å². The Kier molecular flexibility index (Phi) is 6.46. The largest absolute Gasteiger partial charge is 0.382 e. The lowest BCUT2D eigenvalue weighted by molar-refractivity contribution is 0.0953. The molecule has 8 heteroatoms. The van der Waals surface area contributed by atoms with Crippen LogP contribution in [0.15, 0.2) is 60.7 Å². The number of amides is 1. The molecule has 0 aliphatic carbocycles. The molecule has 3 N–H and O–H groups in total. The Labute approximate surface area is 197 Å². The zero-order valence-corrected chi connectivity index (χ0v) is 19.0. The summed E-state index contributed by atoms with van der Waals surface area (Å²) in [5.41, 5.74) is 11.4. The fraction of sp³-hybridized carbons (Fsp3) is 0.192. The van der Waals surface area contributed by atoms with Gasteiger partial charge in [-0.1, -0.05) is 0 Å². The summed E-state index contributed by atoms with van der Waals surface area (Å²) in [4.78, 5) is 12.5. The fourth-order valence-corrected chi connectivity index (χ4v) is 3.95. The number of aromatic nitrogens is 3.